The zero-order valence-electron chi connectivity index (χ0n) is 14.7. The Kier molecular flexibility index (Phi) is 4.73. The standard InChI is InChI=1S/C21H19N3O2S/c25-19-18(14-15-8-10-16(11-9-15)23-12-4-5-13-23)20(26)24(21(27)22-19)17-6-2-1-3-7-17/h1-3,6-11,14H,4-5,12-13H2,(H,22,25,27)/b18-14+. The summed E-state index contributed by atoms with van der Waals surface area (Å²) in [5.74, 6) is -0.889. The summed E-state index contributed by atoms with van der Waals surface area (Å²) in [5.41, 5.74) is 2.67. The molecule has 1 N–H and O–H groups in total. The van der Waals surface area contributed by atoms with Gasteiger partial charge in [0.2, 0.25) is 0 Å². The first-order valence-electron chi connectivity index (χ1n) is 8.95. The minimum absolute atomic E-state index is 0.0707. The Morgan fingerprint density at radius 2 is 1.56 bits per heavy atom. The Bertz CT molecular complexity index is 916. The highest BCUT2D eigenvalue weighted by Gasteiger charge is 2.34. The molecule has 2 saturated heterocycles. The zero-order chi connectivity index (χ0) is 18.8. The van der Waals surface area contributed by atoms with Crippen molar-refractivity contribution in [1.29, 1.82) is 0 Å². The van der Waals surface area contributed by atoms with E-state index in [2.05, 4.69) is 10.2 Å². The van der Waals surface area contributed by atoms with Gasteiger partial charge in [0.25, 0.3) is 11.8 Å². The van der Waals surface area contributed by atoms with Crippen molar-refractivity contribution < 1.29 is 9.59 Å². The largest absolute Gasteiger partial charge is 0.372 e. The molecule has 27 heavy (non-hydrogen) atoms. The van der Waals surface area contributed by atoms with Crippen LogP contribution in [-0.2, 0) is 9.59 Å². The summed E-state index contributed by atoms with van der Waals surface area (Å²) in [6.45, 7) is 2.15. The zero-order valence-corrected chi connectivity index (χ0v) is 15.5. The van der Waals surface area contributed by atoms with Gasteiger partial charge >= 0.3 is 0 Å². The summed E-state index contributed by atoms with van der Waals surface area (Å²) >= 11 is 5.20. The van der Waals surface area contributed by atoms with E-state index in [1.54, 1.807) is 18.2 Å². The van der Waals surface area contributed by atoms with E-state index in [4.69, 9.17) is 12.2 Å². The van der Waals surface area contributed by atoms with Crippen LogP contribution in [0, 0.1) is 0 Å². The molecule has 2 fully saturated rings. The van der Waals surface area contributed by atoms with Crippen molar-refractivity contribution >= 4 is 46.6 Å². The molecule has 2 aliphatic rings. The highest BCUT2D eigenvalue weighted by molar-refractivity contribution is 7.80. The first-order chi connectivity index (χ1) is 13.1. The highest BCUT2D eigenvalue weighted by Crippen LogP contribution is 2.24. The Morgan fingerprint density at radius 3 is 2.22 bits per heavy atom. The fourth-order valence-corrected chi connectivity index (χ4v) is 3.67. The molecule has 5 nitrogen and oxygen atoms in total. The lowest BCUT2D eigenvalue weighted by Gasteiger charge is -2.28. The number of carbonyl (C=O) groups is 2. The van der Waals surface area contributed by atoms with Gasteiger partial charge in [0.1, 0.15) is 5.57 Å². The van der Waals surface area contributed by atoms with Crippen LogP contribution < -0.4 is 15.1 Å². The molecule has 0 spiro atoms. The van der Waals surface area contributed by atoms with Crippen LogP contribution in [0.1, 0.15) is 18.4 Å². The van der Waals surface area contributed by atoms with Crippen molar-refractivity contribution in [3.8, 4) is 0 Å². The summed E-state index contributed by atoms with van der Waals surface area (Å²) in [4.78, 5) is 29.0. The van der Waals surface area contributed by atoms with Crippen molar-refractivity contribution in [1.82, 2.24) is 5.32 Å². The number of rotatable bonds is 3. The average molecular weight is 377 g/mol. The Morgan fingerprint density at radius 1 is 0.889 bits per heavy atom. The summed E-state index contributed by atoms with van der Waals surface area (Å²) in [7, 11) is 0. The third-order valence-corrected chi connectivity index (χ3v) is 5.08. The lowest BCUT2D eigenvalue weighted by molar-refractivity contribution is -0.122. The smallest absolute Gasteiger partial charge is 0.270 e. The molecule has 0 atom stereocenters. The molecule has 2 aromatic rings. The van der Waals surface area contributed by atoms with Gasteiger partial charge in [-0.3, -0.25) is 19.8 Å². The Hall–Kier alpha value is -2.99. The van der Waals surface area contributed by atoms with Crippen molar-refractivity contribution in [3.63, 3.8) is 0 Å². The van der Waals surface area contributed by atoms with Crippen LogP contribution in [0.25, 0.3) is 6.08 Å². The molecule has 4 rings (SSSR count). The second-order valence-electron chi connectivity index (χ2n) is 6.58. The maximum Gasteiger partial charge on any atom is 0.270 e. The fourth-order valence-electron chi connectivity index (χ4n) is 3.39. The SMILES string of the molecule is O=C1NC(=S)N(c2ccccc2)C(=O)/C1=C/c1ccc(N2CCCC2)cc1. The van der Waals surface area contributed by atoms with Crippen LogP contribution in [0.4, 0.5) is 11.4 Å². The Balaban J connectivity index is 1.62. The van der Waals surface area contributed by atoms with Gasteiger partial charge in [0.15, 0.2) is 5.11 Å². The van der Waals surface area contributed by atoms with E-state index >= 15 is 0 Å². The van der Waals surface area contributed by atoms with Gasteiger partial charge in [0, 0.05) is 18.8 Å². The second kappa shape index (κ2) is 7.32. The number of amides is 2. The summed E-state index contributed by atoms with van der Waals surface area (Å²) < 4.78 is 0. The number of thiocarbonyl (C=S) groups is 1. The van der Waals surface area contributed by atoms with E-state index in [9.17, 15) is 9.59 Å². The first kappa shape index (κ1) is 17.4. The van der Waals surface area contributed by atoms with E-state index in [0.29, 0.717) is 5.69 Å². The van der Waals surface area contributed by atoms with E-state index in [0.717, 1.165) is 18.7 Å². The number of anilines is 2. The topological polar surface area (TPSA) is 52.7 Å². The average Bonchev–Trinajstić information content (AvgIpc) is 3.21. The van der Waals surface area contributed by atoms with Crippen LogP contribution in [0.3, 0.4) is 0 Å². The normalized spacial score (nSPS) is 19.0. The quantitative estimate of drug-likeness (QED) is 0.507. The molecule has 0 bridgehead atoms. The fraction of sp³-hybridized carbons (Fsp3) is 0.190. The number of hydrogen-bond donors (Lipinski definition) is 1. The van der Waals surface area contributed by atoms with E-state index < -0.39 is 11.8 Å². The van der Waals surface area contributed by atoms with Crippen molar-refractivity contribution in [2.75, 3.05) is 22.9 Å². The highest BCUT2D eigenvalue weighted by atomic mass is 32.1. The van der Waals surface area contributed by atoms with Crippen molar-refractivity contribution in [2.24, 2.45) is 0 Å². The number of nitrogens with zero attached hydrogens (tertiary/aromatic N) is 2. The molecular formula is C21H19N3O2S. The number of benzene rings is 2. The van der Waals surface area contributed by atoms with Gasteiger partial charge in [0.05, 0.1) is 5.69 Å². The summed E-state index contributed by atoms with van der Waals surface area (Å²) in [6.07, 6.45) is 4.05. The molecule has 6 heteroatoms. The van der Waals surface area contributed by atoms with Gasteiger partial charge in [-0.25, -0.2) is 0 Å². The number of nitrogens with one attached hydrogen (secondary N) is 1. The van der Waals surface area contributed by atoms with Crippen LogP contribution >= 0.6 is 12.2 Å². The molecule has 0 aliphatic carbocycles. The predicted octanol–water partition coefficient (Wildman–Crippen LogP) is 3.12. The van der Waals surface area contributed by atoms with Crippen LogP contribution in [0.5, 0.6) is 0 Å². The molecule has 136 valence electrons. The van der Waals surface area contributed by atoms with Crippen LogP contribution in [0.2, 0.25) is 0 Å². The lowest BCUT2D eigenvalue weighted by Crippen LogP contribution is -2.54. The van der Waals surface area contributed by atoms with Gasteiger partial charge in [-0.2, -0.15) is 0 Å². The monoisotopic (exact) mass is 377 g/mol. The van der Waals surface area contributed by atoms with E-state index in [1.807, 2.05) is 42.5 Å². The number of para-hydroxylation sites is 1. The molecule has 2 aromatic carbocycles. The molecule has 0 unspecified atom stereocenters. The van der Waals surface area contributed by atoms with Crippen LogP contribution in [-0.4, -0.2) is 30.0 Å². The molecule has 0 radical (unpaired) electrons. The maximum atomic E-state index is 12.9. The minimum Gasteiger partial charge on any atom is -0.372 e. The molecule has 0 saturated carbocycles. The third-order valence-electron chi connectivity index (χ3n) is 4.79. The van der Waals surface area contributed by atoms with Gasteiger partial charge < -0.3 is 4.90 Å². The van der Waals surface area contributed by atoms with E-state index in [1.165, 1.54) is 23.4 Å². The molecule has 0 aromatic heterocycles. The third kappa shape index (κ3) is 3.48. The molecule has 2 heterocycles. The minimum atomic E-state index is -0.471. The molecule has 2 aliphatic heterocycles. The molecular weight excluding hydrogens is 358 g/mol. The predicted molar refractivity (Wildman–Crippen MR) is 111 cm³/mol. The van der Waals surface area contributed by atoms with Gasteiger partial charge in [-0.15, -0.1) is 0 Å². The van der Waals surface area contributed by atoms with Crippen molar-refractivity contribution in [2.45, 2.75) is 12.8 Å². The number of hydrogen-bond acceptors (Lipinski definition) is 4. The second-order valence-corrected chi connectivity index (χ2v) is 6.97. The molecule has 2 amide bonds. The van der Waals surface area contributed by atoms with Crippen LogP contribution in [0.15, 0.2) is 60.2 Å². The maximum absolute atomic E-state index is 12.9. The number of carbonyl (C=O) groups excluding carboxylic acids is 2. The first-order valence-corrected chi connectivity index (χ1v) is 9.36. The Labute approximate surface area is 163 Å². The van der Waals surface area contributed by atoms with Crippen molar-refractivity contribution in [3.05, 3.63) is 65.7 Å². The van der Waals surface area contributed by atoms with Gasteiger partial charge in [-0.05, 0) is 61.0 Å². The van der Waals surface area contributed by atoms with Gasteiger partial charge in [-0.1, -0.05) is 30.3 Å². The van der Waals surface area contributed by atoms with E-state index in [-0.39, 0.29) is 10.7 Å². The lowest BCUT2D eigenvalue weighted by atomic mass is 10.1. The summed E-state index contributed by atoms with van der Waals surface area (Å²) in [6, 6.07) is 17.0. The summed E-state index contributed by atoms with van der Waals surface area (Å²) in [5, 5.41) is 2.70.